The Morgan fingerprint density at radius 1 is 1.33 bits per heavy atom. The molecule has 3 atom stereocenters. The smallest absolute Gasteiger partial charge is 0.237 e. The van der Waals surface area contributed by atoms with Gasteiger partial charge in [0, 0.05) is 18.1 Å². The molecular weight excluding hydrogens is 288 g/mol. The molecule has 0 aliphatic heterocycles. The van der Waals surface area contributed by atoms with E-state index in [2.05, 4.69) is 19.2 Å². The van der Waals surface area contributed by atoms with E-state index in [1.165, 1.54) is 0 Å². The molecule has 0 heterocycles. The second-order valence-electron chi connectivity index (χ2n) is 7.02. The monoisotopic (exact) mass is 320 g/mol. The zero-order chi connectivity index (χ0) is 15.6. The van der Waals surface area contributed by atoms with E-state index in [-0.39, 0.29) is 41.3 Å². The van der Waals surface area contributed by atoms with Crippen molar-refractivity contribution < 1.29 is 9.53 Å². The number of hydrogen-bond acceptors (Lipinski definition) is 3. The summed E-state index contributed by atoms with van der Waals surface area (Å²) in [5, 5.41) is 3.16. The van der Waals surface area contributed by atoms with Crippen LogP contribution in [0, 0.1) is 10.8 Å². The van der Waals surface area contributed by atoms with E-state index >= 15 is 0 Å². The Bertz CT molecular complexity index is 338. The van der Waals surface area contributed by atoms with Crippen LogP contribution in [0.4, 0.5) is 0 Å². The lowest BCUT2D eigenvalue weighted by Gasteiger charge is -2.55. The Morgan fingerprint density at radius 2 is 1.86 bits per heavy atom. The van der Waals surface area contributed by atoms with E-state index < -0.39 is 6.04 Å². The van der Waals surface area contributed by atoms with Crippen LogP contribution in [0.1, 0.15) is 60.8 Å². The second kappa shape index (κ2) is 7.80. The highest BCUT2D eigenvalue weighted by molar-refractivity contribution is 5.85. The van der Waals surface area contributed by atoms with Crippen molar-refractivity contribution in [1.29, 1.82) is 0 Å². The molecule has 0 aromatic heterocycles. The molecule has 0 bridgehead atoms. The highest BCUT2D eigenvalue weighted by atomic mass is 35.5. The summed E-state index contributed by atoms with van der Waals surface area (Å²) in [5.74, 6) is -0.0382. The number of amides is 1. The molecule has 1 fully saturated rings. The molecule has 0 saturated heterocycles. The number of nitrogens with two attached hydrogens (primary N) is 1. The van der Waals surface area contributed by atoms with Gasteiger partial charge < -0.3 is 15.8 Å². The number of rotatable bonds is 6. The summed E-state index contributed by atoms with van der Waals surface area (Å²) in [6.45, 7) is 13.1. The topological polar surface area (TPSA) is 64.3 Å². The van der Waals surface area contributed by atoms with E-state index in [9.17, 15) is 4.79 Å². The third-order valence-electron chi connectivity index (χ3n) is 5.00. The molecule has 0 radical (unpaired) electrons. The average molecular weight is 321 g/mol. The van der Waals surface area contributed by atoms with Crippen LogP contribution in [0.2, 0.25) is 0 Å². The van der Waals surface area contributed by atoms with E-state index in [1.54, 1.807) is 0 Å². The highest BCUT2D eigenvalue weighted by Crippen LogP contribution is 2.49. The fourth-order valence-corrected chi connectivity index (χ4v) is 3.24. The first kappa shape index (κ1) is 20.7. The van der Waals surface area contributed by atoms with Gasteiger partial charge in [-0.15, -0.1) is 12.4 Å². The number of carbonyl (C=O) groups excluding carboxylic acids is 1. The minimum atomic E-state index is -0.472. The standard InChI is InChI=1S/C16H32N2O2.ClH/c1-7-16(8-2)11(10-12(16)20-9-3)18-14(19)13(17)15(4,5)6;/h11-13H,7-10,17H2,1-6H3,(H,18,19);1H/t11?,12?,13-;/m1./s1. The Morgan fingerprint density at radius 3 is 2.24 bits per heavy atom. The van der Waals surface area contributed by atoms with Crippen molar-refractivity contribution in [2.24, 2.45) is 16.6 Å². The molecule has 2 unspecified atom stereocenters. The van der Waals surface area contributed by atoms with Gasteiger partial charge in [-0.1, -0.05) is 34.6 Å². The molecule has 3 N–H and O–H groups in total. The minimum absolute atomic E-state index is 0. The van der Waals surface area contributed by atoms with Gasteiger partial charge in [0.2, 0.25) is 5.91 Å². The zero-order valence-corrected chi connectivity index (χ0v) is 15.2. The molecule has 4 nitrogen and oxygen atoms in total. The van der Waals surface area contributed by atoms with E-state index in [1.807, 2.05) is 27.7 Å². The second-order valence-corrected chi connectivity index (χ2v) is 7.02. The van der Waals surface area contributed by atoms with Crippen LogP contribution >= 0.6 is 12.4 Å². The maximum atomic E-state index is 12.3. The summed E-state index contributed by atoms with van der Waals surface area (Å²) in [7, 11) is 0. The van der Waals surface area contributed by atoms with Crippen LogP contribution in [0.3, 0.4) is 0 Å². The largest absolute Gasteiger partial charge is 0.378 e. The average Bonchev–Trinajstić information content (AvgIpc) is 2.37. The maximum Gasteiger partial charge on any atom is 0.237 e. The van der Waals surface area contributed by atoms with Crippen LogP contribution in [0.15, 0.2) is 0 Å². The van der Waals surface area contributed by atoms with Crippen molar-refractivity contribution >= 4 is 18.3 Å². The summed E-state index contributed by atoms with van der Waals surface area (Å²) in [4.78, 5) is 12.3. The van der Waals surface area contributed by atoms with Gasteiger partial charge >= 0.3 is 0 Å². The number of ether oxygens (including phenoxy) is 1. The van der Waals surface area contributed by atoms with Crippen molar-refractivity contribution in [2.45, 2.75) is 79.0 Å². The van der Waals surface area contributed by atoms with Gasteiger partial charge in [0.05, 0.1) is 12.1 Å². The fraction of sp³-hybridized carbons (Fsp3) is 0.938. The van der Waals surface area contributed by atoms with Gasteiger partial charge in [0.15, 0.2) is 0 Å². The van der Waals surface area contributed by atoms with Crippen molar-refractivity contribution in [3.05, 3.63) is 0 Å². The summed E-state index contributed by atoms with van der Waals surface area (Å²) < 4.78 is 5.83. The predicted molar refractivity (Wildman–Crippen MR) is 89.7 cm³/mol. The Hall–Kier alpha value is -0.320. The summed E-state index contributed by atoms with van der Waals surface area (Å²) in [6, 6.07) is -0.282. The van der Waals surface area contributed by atoms with Gasteiger partial charge in [-0.05, 0) is 31.6 Å². The summed E-state index contributed by atoms with van der Waals surface area (Å²) in [6.07, 6.45) is 3.20. The minimum Gasteiger partial charge on any atom is -0.378 e. The molecule has 1 aliphatic rings. The Balaban J connectivity index is 0.00000400. The molecule has 21 heavy (non-hydrogen) atoms. The third kappa shape index (κ3) is 4.11. The molecule has 126 valence electrons. The van der Waals surface area contributed by atoms with Gasteiger partial charge in [-0.25, -0.2) is 0 Å². The van der Waals surface area contributed by atoms with Gasteiger partial charge in [-0.2, -0.15) is 0 Å². The van der Waals surface area contributed by atoms with Crippen LogP contribution < -0.4 is 11.1 Å². The van der Waals surface area contributed by atoms with Crippen molar-refractivity contribution in [2.75, 3.05) is 6.61 Å². The van der Waals surface area contributed by atoms with Gasteiger partial charge in [0.25, 0.3) is 0 Å². The predicted octanol–water partition coefficient (Wildman–Crippen LogP) is 2.88. The van der Waals surface area contributed by atoms with Gasteiger partial charge in [-0.3, -0.25) is 4.79 Å². The van der Waals surface area contributed by atoms with Crippen molar-refractivity contribution in [1.82, 2.24) is 5.32 Å². The molecular formula is C16H33ClN2O2. The lowest BCUT2D eigenvalue weighted by Crippen LogP contribution is -2.66. The third-order valence-corrected chi connectivity index (χ3v) is 5.00. The molecule has 0 aromatic carbocycles. The number of hydrogen-bond donors (Lipinski definition) is 2. The van der Waals surface area contributed by atoms with Crippen molar-refractivity contribution in [3.63, 3.8) is 0 Å². The molecule has 5 heteroatoms. The van der Waals surface area contributed by atoms with E-state index in [4.69, 9.17) is 10.5 Å². The Kier molecular flexibility index (Phi) is 7.68. The number of carbonyl (C=O) groups is 1. The quantitative estimate of drug-likeness (QED) is 0.791. The first-order valence-electron chi connectivity index (χ1n) is 7.90. The number of nitrogens with one attached hydrogen (secondary N) is 1. The molecule has 0 aromatic rings. The molecule has 1 aliphatic carbocycles. The van der Waals surface area contributed by atoms with Crippen LogP contribution in [0.25, 0.3) is 0 Å². The SMILES string of the molecule is CCOC1CC(NC(=O)[C@@H](N)C(C)(C)C)C1(CC)CC.Cl. The van der Waals surface area contributed by atoms with Crippen LogP contribution in [0.5, 0.6) is 0 Å². The first-order valence-corrected chi connectivity index (χ1v) is 7.90. The normalized spacial score (nSPS) is 25.5. The summed E-state index contributed by atoms with van der Waals surface area (Å²) in [5.41, 5.74) is 5.90. The van der Waals surface area contributed by atoms with Gasteiger partial charge in [0.1, 0.15) is 0 Å². The first-order chi connectivity index (χ1) is 9.22. The molecule has 1 rings (SSSR count). The number of halogens is 1. The summed E-state index contributed by atoms with van der Waals surface area (Å²) >= 11 is 0. The molecule has 1 saturated carbocycles. The maximum absolute atomic E-state index is 12.3. The lowest BCUT2D eigenvalue weighted by molar-refractivity contribution is -0.150. The lowest BCUT2D eigenvalue weighted by atomic mass is 9.58. The molecule has 1 amide bonds. The highest BCUT2D eigenvalue weighted by Gasteiger charge is 2.54. The van der Waals surface area contributed by atoms with Crippen molar-refractivity contribution in [3.8, 4) is 0 Å². The van der Waals surface area contributed by atoms with E-state index in [0.717, 1.165) is 25.9 Å². The Labute approximate surface area is 136 Å². The van der Waals surface area contributed by atoms with E-state index in [0.29, 0.717) is 0 Å². The zero-order valence-electron chi connectivity index (χ0n) is 14.4. The molecule has 0 spiro atoms. The fourth-order valence-electron chi connectivity index (χ4n) is 3.24. The van der Waals surface area contributed by atoms with Crippen LogP contribution in [-0.2, 0) is 9.53 Å². The van der Waals surface area contributed by atoms with Crippen LogP contribution in [-0.4, -0.2) is 30.7 Å².